The second kappa shape index (κ2) is 6.06. The Morgan fingerprint density at radius 2 is 2.23 bits per heavy atom. The van der Waals surface area contributed by atoms with E-state index in [9.17, 15) is 9.59 Å². The minimum atomic E-state index is -0.570. The van der Waals surface area contributed by atoms with Gasteiger partial charge >= 0.3 is 5.97 Å². The van der Waals surface area contributed by atoms with Crippen LogP contribution in [0.1, 0.15) is 19.8 Å². The Morgan fingerprint density at radius 1 is 1.62 bits per heavy atom. The van der Waals surface area contributed by atoms with Gasteiger partial charge < -0.3 is 10.1 Å². The van der Waals surface area contributed by atoms with Crippen LogP contribution in [0.15, 0.2) is 0 Å². The van der Waals surface area contributed by atoms with Crippen LogP contribution in [0.25, 0.3) is 0 Å². The number of carbonyl (C=O) groups excluding carboxylic acids is 2. The lowest BCUT2D eigenvalue weighted by Crippen LogP contribution is -2.35. The largest absolute Gasteiger partial charge is 0.469 e. The molecule has 0 bridgehead atoms. The lowest BCUT2D eigenvalue weighted by molar-refractivity contribution is -0.140. The summed E-state index contributed by atoms with van der Waals surface area (Å²) in [4.78, 5) is 21.7. The molecular weight excluding hydrogens is 170 g/mol. The van der Waals surface area contributed by atoms with Crippen LogP contribution in [0.3, 0.4) is 0 Å². The summed E-state index contributed by atoms with van der Waals surface area (Å²) in [5, 5.41) is 2.51. The van der Waals surface area contributed by atoms with E-state index in [1.807, 2.05) is 0 Å². The zero-order valence-corrected chi connectivity index (χ0v) is 7.79. The van der Waals surface area contributed by atoms with Crippen LogP contribution in [0, 0.1) is 12.3 Å². The van der Waals surface area contributed by atoms with E-state index in [-0.39, 0.29) is 12.3 Å². The maximum atomic E-state index is 10.9. The third kappa shape index (κ3) is 4.86. The van der Waals surface area contributed by atoms with Gasteiger partial charge in [0.2, 0.25) is 5.91 Å². The van der Waals surface area contributed by atoms with E-state index in [4.69, 9.17) is 6.42 Å². The summed E-state index contributed by atoms with van der Waals surface area (Å²) in [7, 11) is 1.28. The molecule has 1 atom stereocenters. The Labute approximate surface area is 77.6 Å². The molecule has 0 saturated carbocycles. The summed E-state index contributed by atoms with van der Waals surface area (Å²) in [6.07, 6.45) is 5.47. The third-order valence-electron chi connectivity index (χ3n) is 1.46. The SMILES string of the molecule is C#C[C@H](CC(=O)OC)NC(=O)CC. The summed E-state index contributed by atoms with van der Waals surface area (Å²) in [5.74, 6) is 1.69. The smallest absolute Gasteiger partial charge is 0.308 e. The van der Waals surface area contributed by atoms with Crippen molar-refractivity contribution >= 4 is 11.9 Å². The summed E-state index contributed by atoms with van der Waals surface area (Å²) < 4.78 is 4.41. The van der Waals surface area contributed by atoms with E-state index in [1.54, 1.807) is 6.92 Å². The molecule has 0 aliphatic heterocycles. The fourth-order valence-electron chi connectivity index (χ4n) is 0.698. The first kappa shape index (κ1) is 11.5. The standard InChI is InChI=1S/C9H13NO3/c1-4-7(6-9(12)13-3)10-8(11)5-2/h1,7H,5-6H2,2-3H3,(H,10,11)/t7-/m1/s1. The number of nitrogens with one attached hydrogen (secondary N) is 1. The molecule has 72 valence electrons. The van der Waals surface area contributed by atoms with Crippen LogP contribution in [-0.2, 0) is 14.3 Å². The highest BCUT2D eigenvalue weighted by Gasteiger charge is 2.12. The number of carbonyl (C=O) groups is 2. The van der Waals surface area contributed by atoms with Crippen LogP contribution in [0.2, 0.25) is 0 Å². The van der Waals surface area contributed by atoms with Crippen molar-refractivity contribution in [2.45, 2.75) is 25.8 Å². The highest BCUT2D eigenvalue weighted by molar-refractivity contribution is 5.78. The molecule has 0 aliphatic rings. The predicted molar refractivity (Wildman–Crippen MR) is 47.7 cm³/mol. The lowest BCUT2D eigenvalue weighted by atomic mass is 10.2. The minimum Gasteiger partial charge on any atom is -0.469 e. The van der Waals surface area contributed by atoms with E-state index in [1.165, 1.54) is 7.11 Å². The van der Waals surface area contributed by atoms with Gasteiger partial charge in [0, 0.05) is 6.42 Å². The first-order chi connectivity index (χ1) is 6.13. The summed E-state index contributed by atoms with van der Waals surface area (Å²) in [6.45, 7) is 1.71. The number of terminal acetylenes is 1. The Kier molecular flexibility index (Phi) is 5.37. The van der Waals surface area contributed by atoms with Crippen molar-refractivity contribution in [2.24, 2.45) is 0 Å². The second-order valence-corrected chi connectivity index (χ2v) is 2.42. The van der Waals surface area contributed by atoms with Gasteiger partial charge in [-0.2, -0.15) is 0 Å². The fraction of sp³-hybridized carbons (Fsp3) is 0.556. The molecule has 0 radical (unpaired) electrons. The van der Waals surface area contributed by atoms with E-state index in [0.29, 0.717) is 6.42 Å². The molecule has 0 aromatic heterocycles. The molecule has 13 heavy (non-hydrogen) atoms. The quantitative estimate of drug-likeness (QED) is 0.496. The average Bonchev–Trinajstić information content (AvgIpc) is 2.16. The predicted octanol–water partition coefficient (Wildman–Crippen LogP) is 0.0775. The van der Waals surface area contributed by atoms with Gasteiger partial charge in [-0.05, 0) is 0 Å². The average molecular weight is 183 g/mol. The fourth-order valence-corrected chi connectivity index (χ4v) is 0.698. The Bertz CT molecular complexity index is 212. The van der Waals surface area contributed by atoms with Crippen molar-refractivity contribution in [1.82, 2.24) is 5.32 Å². The first-order valence-electron chi connectivity index (χ1n) is 3.96. The van der Waals surface area contributed by atoms with Gasteiger partial charge in [0.1, 0.15) is 6.04 Å². The van der Waals surface area contributed by atoms with Crippen molar-refractivity contribution < 1.29 is 14.3 Å². The Morgan fingerprint density at radius 3 is 2.62 bits per heavy atom. The van der Waals surface area contributed by atoms with Crippen LogP contribution < -0.4 is 5.32 Å². The van der Waals surface area contributed by atoms with Crippen LogP contribution in [0.5, 0.6) is 0 Å². The van der Waals surface area contributed by atoms with Gasteiger partial charge in [-0.25, -0.2) is 0 Å². The molecule has 0 heterocycles. The maximum Gasteiger partial charge on any atom is 0.308 e. The highest BCUT2D eigenvalue weighted by atomic mass is 16.5. The van der Waals surface area contributed by atoms with Gasteiger partial charge in [0.05, 0.1) is 13.5 Å². The summed E-state index contributed by atoms with van der Waals surface area (Å²) in [5.41, 5.74) is 0. The number of ether oxygens (including phenoxy) is 1. The van der Waals surface area contributed by atoms with Gasteiger partial charge in [-0.15, -0.1) is 6.42 Å². The van der Waals surface area contributed by atoms with Gasteiger partial charge in [-0.3, -0.25) is 9.59 Å². The molecule has 0 aromatic carbocycles. The van der Waals surface area contributed by atoms with E-state index < -0.39 is 12.0 Å². The molecule has 0 fully saturated rings. The molecule has 1 N–H and O–H groups in total. The van der Waals surface area contributed by atoms with Crippen LogP contribution in [-0.4, -0.2) is 25.0 Å². The van der Waals surface area contributed by atoms with Crippen molar-refractivity contribution in [3.8, 4) is 12.3 Å². The Hall–Kier alpha value is -1.50. The van der Waals surface area contributed by atoms with Crippen LogP contribution in [0.4, 0.5) is 0 Å². The lowest BCUT2D eigenvalue weighted by Gasteiger charge is -2.10. The van der Waals surface area contributed by atoms with Crippen molar-refractivity contribution in [2.75, 3.05) is 7.11 Å². The molecule has 0 rings (SSSR count). The van der Waals surface area contributed by atoms with E-state index in [0.717, 1.165) is 0 Å². The van der Waals surface area contributed by atoms with Gasteiger partial charge in [0.25, 0.3) is 0 Å². The maximum absolute atomic E-state index is 10.9. The molecule has 0 spiro atoms. The molecule has 0 unspecified atom stereocenters. The van der Waals surface area contributed by atoms with Crippen LogP contribution >= 0.6 is 0 Å². The number of hydrogen-bond donors (Lipinski definition) is 1. The number of rotatable bonds is 4. The molecule has 0 aromatic rings. The van der Waals surface area contributed by atoms with Gasteiger partial charge in [0.15, 0.2) is 0 Å². The number of methoxy groups -OCH3 is 1. The first-order valence-corrected chi connectivity index (χ1v) is 3.96. The van der Waals surface area contributed by atoms with E-state index in [2.05, 4.69) is 16.0 Å². The Balaban J connectivity index is 3.98. The molecule has 0 aliphatic carbocycles. The molecule has 4 heteroatoms. The molecule has 4 nitrogen and oxygen atoms in total. The zero-order valence-electron chi connectivity index (χ0n) is 7.79. The van der Waals surface area contributed by atoms with Crippen molar-refractivity contribution in [3.63, 3.8) is 0 Å². The number of amides is 1. The minimum absolute atomic E-state index is 0.0126. The molecule has 0 saturated heterocycles. The monoisotopic (exact) mass is 183 g/mol. The van der Waals surface area contributed by atoms with Crippen molar-refractivity contribution in [1.29, 1.82) is 0 Å². The summed E-state index contributed by atoms with van der Waals surface area (Å²) >= 11 is 0. The van der Waals surface area contributed by atoms with Gasteiger partial charge in [-0.1, -0.05) is 12.8 Å². The molecule has 1 amide bonds. The highest BCUT2D eigenvalue weighted by Crippen LogP contribution is 1.93. The second-order valence-electron chi connectivity index (χ2n) is 2.42. The topological polar surface area (TPSA) is 55.4 Å². The normalized spacial score (nSPS) is 11.2. The summed E-state index contributed by atoms with van der Waals surface area (Å²) in [6, 6.07) is -0.570. The number of esters is 1. The third-order valence-corrected chi connectivity index (χ3v) is 1.46. The number of hydrogen-bond acceptors (Lipinski definition) is 3. The van der Waals surface area contributed by atoms with Crippen molar-refractivity contribution in [3.05, 3.63) is 0 Å². The zero-order chi connectivity index (χ0) is 10.3. The van der Waals surface area contributed by atoms with E-state index >= 15 is 0 Å². The molecular formula is C9H13NO3.